The van der Waals surface area contributed by atoms with Crippen LogP contribution < -0.4 is 11.1 Å². The van der Waals surface area contributed by atoms with E-state index in [2.05, 4.69) is 15.5 Å². The third-order valence-electron chi connectivity index (χ3n) is 5.01. The molecule has 8 nitrogen and oxygen atoms in total. The Bertz CT molecular complexity index is 1060. The molecule has 3 aromatic rings. The summed E-state index contributed by atoms with van der Waals surface area (Å²) in [6.07, 6.45) is 1.67. The molecule has 1 heterocycles. The third kappa shape index (κ3) is 3.79. The summed E-state index contributed by atoms with van der Waals surface area (Å²) < 4.78 is 5.42. The van der Waals surface area contributed by atoms with Crippen LogP contribution >= 0.6 is 0 Å². The van der Waals surface area contributed by atoms with Gasteiger partial charge in [0.2, 0.25) is 11.7 Å². The molecule has 1 aromatic heterocycles. The summed E-state index contributed by atoms with van der Waals surface area (Å²) in [5, 5.41) is 16.8. The van der Waals surface area contributed by atoms with Gasteiger partial charge in [-0.25, -0.2) is 0 Å². The number of aromatic nitrogens is 2. The molecule has 1 aliphatic rings. The standard InChI is InChI=1S/C21H23N5O3/c1-26(2)11-19(28)23-17-8-7-13-14(17)4-3-5-15(13)20-24-21(29-25-20)12-6-9-18(27)16(22)10-12/h3-6,9-10,17,27H,7-8,11,22H2,1-2H3,(H,23,28). The molecule has 0 fully saturated rings. The molecule has 150 valence electrons. The molecule has 4 rings (SSSR count). The fourth-order valence-corrected chi connectivity index (χ4v) is 3.68. The first-order chi connectivity index (χ1) is 13.9. The minimum Gasteiger partial charge on any atom is -0.506 e. The first-order valence-electron chi connectivity index (χ1n) is 9.41. The van der Waals surface area contributed by atoms with E-state index in [9.17, 15) is 9.90 Å². The van der Waals surface area contributed by atoms with Crippen LogP contribution in [0.15, 0.2) is 40.9 Å². The Kier molecular flexibility index (Phi) is 4.94. The van der Waals surface area contributed by atoms with Crippen molar-refractivity contribution in [1.82, 2.24) is 20.4 Å². The van der Waals surface area contributed by atoms with E-state index in [1.807, 2.05) is 37.2 Å². The van der Waals surface area contributed by atoms with E-state index in [0.29, 0.717) is 23.8 Å². The van der Waals surface area contributed by atoms with Gasteiger partial charge in [-0.1, -0.05) is 23.4 Å². The van der Waals surface area contributed by atoms with Gasteiger partial charge in [-0.3, -0.25) is 4.79 Å². The molecule has 2 aromatic carbocycles. The molecule has 0 spiro atoms. The van der Waals surface area contributed by atoms with Crippen molar-refractivity contribution in [3.8, 4) is 28.6 Å². The highest BCUT2D eigenvalue weighted by Gasteiger charge is 2.27. The van der Waals surface area contributed by atoms with Gasteiger partial charge in [0.15, 0.2) is 0 Å². The lowest BCUT2D eigenvalue weighted by Gasteiger charge is -2.16. The normalized spacial score (nSPS) is 15.5. The topological polar surface area (TPSA) is 118 Å². The highest BCUT2D eigenvalue weighted by Crippen LogP contribution is 2.37. The molecule has 1 atom stereocenters. The SMILES string of the molecule is CN(C)CC(=O)NC1CCc2c(-c3noc(-c4ccc(O)c(N)c4)n3)cccc21. The van der Waals surface area contributed by atoms with Crippen LogP contribution in [0.1, 0.15) is 23.6 Å². The Morgan fingerprint density at radius 2 is 2.17 bits per heavy atom. The van der Waals surface area contributed by atoms with E-state index in [0.717, 1.165) is 29.5 Å². The number of fused-ring (bicyclic) bond motifs is 1. The summed E-state index contributed by atoms with van der Waals surface area (Å²) in [6, 6.07) is 10.7. The fourth-order valence-electron chi connectivity index (χ4n) is 3.68. The average Bonchev–Trinajstić information content (AvgIpc) is 3.31. The zero-order chi connectivity index (χ0) is 20.5. The molecule has 1 aliphatic carbocycles. The fraction of sp³-hybridized carbons (Fsp3) is 0.286. The summed E-state index contributed by atoms with van der Waals surface area (Å²) >= 11 is 0. The molecular weight excluding hydrogens is 370 g/mol. The number of anilines is 1. The van der Waals surface area contributed by atoms with Crippen molar-refractivity contribution in [1.29, 1.82) is 0 Å². The number of hydrogen-bond donors (Lipinski definition) is 3. The summed E-state index contributed by atoms with van der Waals surface area (Å²) in [6.45, 7) is 0.357. The number of hydrogen-bond acceptors (Lipinski definition) is 7. The molecule has 4 N–H and O–H groups in total. The average molecular weight is 393 g/mol. The molecule has 8 heteroatoms. The van der Waals surface area contributed by atoms with Crippen LogP contribution in [0.25, 0.3) is 22.8 Å². The molecule has 0 radical (unpaired) electrons. The van der Waals surface area contributed by atoms with Gasteiger partial charge >= 0.3 is 0 Å². The number of phenolic OH excluding ortho intramolecular Hbond substituents is 1. The predicted octanol–water partition coefficient (Wildman–Crippen LogP) is 2.36. The van der Waals surface area contributed by atoms with Crippen LogP contribution in [0.3, 0.4) is 0 Å². The minimum atomic E-state index is -0.0133. The van der Waals surface area contributed by atoms with Crippen LogP contribution in [-0.2, 0) is 11.2 Å². The highest BCUT2D eigenvalue weighted by molar-refractivity contribution is 5.79. The predicted molar refractivity (Wildman–Crippen MR) is 109 cm³/mol. The van der Waals surface area contributed by atoms with Gasteiger partial charge in [0.25, 0.3) is 5.89 Å². The summed E-state index contributed by atoms with van der Waals surface area (Å²) in [4.78, 5) is 18.5. The first kappa shape index (κ1) is 18.9. The molecule has 0 saturated carbocycles. The van der Waals surface area contributed by atoms with Crippen molar-refractivity contribution >= 4 is 11.6 Å². The Labute approximate surface area is 168 Å². The lowest BCUT2D eigenvalue weighted by atomic mass is 10.0. The third-order valence-corrected chi connectivity index (χ3v) is 5.01. The van der Waals surface area contributed by atoms with Crippen LogP contribution in [0.2, 0.25) is 0 Å². The number of carbonyl (C=O) groups is 1. The molecule has 29 heavy (non-hydrogen) atoms. The number of likely N-dealkylation sites (N-methyl/N-ethyl adjacent to an activating group) is 1. The second-order valence-electron chi connectivity index (χ2n) is 7.47. The van der Waals surface area contributed by atoms with Gasteiger partial charge < -0.3 is 25.6 Å². The van der Waals surface area contributed by atoms with Crippen LogP contribution in [0, 0.1) is 0 Å². The monoisotopic (exact) mass is 393 g/mol. The van der Waals surface area contributed by atoms with Crippen molar-refractivity contribution in [2.24, 2.45) is 0 Å². The summed E-state index contributed by atoms with van der Waals surface area (Å²) in [5.41, 5.74) is 9.76. The Morgan fingerprint density at radius 3 is 2.93 bits per heavy atom. The molecule has 0 aliphatic heterocycles. The number of rotatable bonds is 5. The second kappa shape index (κ2) is 7.56. The van der Waals surface area contributed by atoms with Crippen LogP contribution in [0.4, 0.5) is 5.69 Å². The van der Waals surface area contributed by atoms with E-state index >= 15 is 0 Å². The number of carbonyl (C=O) groups excluding carboxylic acids is 1. The molecule has 0 bridgehead atoms. The van der Waals surface area contributed by atoms with Gasteiger partial charge in [-0.2, -0.15) is 4.98 Å². The Balaban J connectivity index is 1.61. The lowest BCUT2D eigenvalue weighted by Crippen LogP contribution is -2.35. The van der Waals surface area contributed by atoms with E-state index in [1.165, 1.54) is 6.07 Å². The van der Waals surface area contributed by atoms with Gasteiger partial charge in [0, 0.05) is 11.1 Å². The number of nitrogens with one attached hydrogen (secondary N) is 1. The number of nitrogen functional groups attached to an aromatic ring is 1. The maximum atomic E-state index is 12.2. The van der Waals surface area contributed by atoms with Crippen molar-refractivity contribution in [3.63, 3.8) is 0 Å². The molecular formula is C21H23N5O3. The van der Waals surface area contributed by atoms with Gasteiger partial charge in [-0.15, -0.1) is 0 Å². The largest absolute Gasteiger partial charge is 0.506 e. The zero-order valence-electron chi connectivity index (χ0n) is 16.3. The highest BCUT2D eigenvalue weighted by atomic mass is 16.5. The van der Waals surface area contributed by atoms with Crippen molar-refractivity contribution in [2.75, 3.05) is 26.4 Å². The van der Waals surface area contributed by atoms with Crippen molar-refractivity contribution in [3.05, 3.63) is 47.5 Å². The molecule has 1 amide bonds. The number of nitrogens with zero attached hydrogens (tertiary/aromatic N) is 3. The maximum absolute atomic E-state index is 12.2. The van der Waals surface area contributed by atoms with E-state index in [1.54, 1.807) is 12.1 Å². The van der Waals surface area contributed by atoms with Gasteiger partial charge in [0.1, 0.15) is 5.75 Å². The van der Waals surface area contributed by atoms with E-state index < -0.39 is 0 Å². The lowest BCUT2D eigenvalue weighted by molar-refractivity contribution is -0.122. The molecule has 0 saturated heterocycles. The van der Waals surface area contributed by atoms with Crippen molar-refractivity contribution in [2.45, 2.75) is 18.9 Å². The summed E-state index contributed by atoms with van der Waals surface area (Å²) in [7, 11) is 3.74. The summed E-state index contributed by atoms with van der Waals surface area (Å²) in [5.74, 6) is 0.837. The minimum absolute atomic E-state index is 0.00465. The Morgan fingerprint density at radius 1 is 1.34 bits per heavy atom. The number of nitrogens with two attached hydrogens (primary N) is 1. The number of benzene rings is 2. The number of phenols is 1. The quantitative estimate of drug-likeness (QED) is 0.450. The molecule has 1 unspecified atom stereocenters. The number of aromatic hydroxyl groups is 1. The van der Waals surface area contributed by atoms with Gasteiger partial charge in [0.05, 0.1) is 18.3 Å². The second-order valence-corrected chi connectivity index (χ2v) is 7.47. The smallest absolute Gasteiger partial charge is 0.258 e. The van der Waals surface area contributed by atoms with Crippen LogP contribution in [0.5, 0.6) is 5.75 Å². The Hall–Kier alpha value is -3.39. The zero-order valence-corrected chi connectivity index (χ0v) is 16.3. The van der Waals surface area contributed by atoms with Crippen molar-refractivity contribution < 1.29 is 14.4 Å². The van der Waals surface area contributed by atoms with E-state index in [-0.39, 0.29) is 23.4 Å². The maximum Gasteiger partial charge on any atom is 0.258 e. The number of amides is 1. The first-order valence-corrected chi connectivity index (χ1v) is 9.41. The van der Waals surface area contributed by atoms with E-state index in [4.69, 9.17) is 10.3 Å². The van der Waals surface area contributed by atoms with Crippen LogP contribution in [-0.4, -0.2) is 46.7 Å². The van der Waals surface area contributed by atoms with Gasteiger partial charge in [-0.05, 0) is 56.3 Å².